The molecule has 0 saturated carbocycles. The van der Waals surface area contributed by atoms with E-state index >= 15 is 0 Å². The van der Waals surface area contributed by atoms with Crippen molar-refractivity contribution in [1.29, 1.82) is 0 Å². The maximum absolute atomic E-state index is 12.7. The molecule has 0 spiro atoms. The maximum Gasteiger partial charge on any atom is 0.229 e. The van der Waals surface area contributed by atoms with Crippen molar-refractivity contribution in [1.82, 2.24) is 4.98 Å². The molecule has 1 aliphatic rings. The quantitative estimate of drug-likeness (QED) is 0.476. The predicted octanol–water partition coefficient (Wildman–Crippen LogP) is 0.0337. The number of aliphatic hydroxyl groups excluding tert-OH is 4. The number of fused-ring (bicyclic) bond motifs is 1. The molecule has 3 heterocycles. The fourth-order valence-electron chi connectivity index (χ4n) is 3.18. The van der Waals surface area contributed by atoms with Crippen LogP contribution in [0.5, 0.6) is 5.75 Å². The monoisotopic (exact) mass is 401 g/mol. The minimum Gasteiger partial charge on any atom is -0.463 e. The summed E-state index contributed by atoms with van der Waals surface area (Å²) in [5.41, 5.74) is 0.798. The van der Waals surface area contributed by atoms with E-state index in [9.17, 15) is 25.2 Å². The molecule has 4 rings (SSSR count). The van der Waals surface area contributed by atoms with Crippen LogP contribution >= 0.6 is 0 Å². The Balaban J connectivity index is 1.62. The van der Waals surface area contributed by atoms with Gasteiger partial charge in [0.05, 0.1) is 23.3 Å². The molecule has 3 aromatic rings. The van der Waals surface area contributed by atoms with E-state index < -0.39 is 37.3 Å². The Morgan fingerprint density at radius 1 is 1.07 bits per heavy atom. The molecular formula is C20H19NO8. The average molecular weight is 401 g/mol. The molecule has 0 aliphatic carbocycles. The molecule has 29 heavy (non-hydrogen) atoms. The maximum atomic E-state index is 12.7. The van der Waals surface area contributed by atoms with Gasteiger partial charge in [-0.1, -0.05) is 6.07 Å². The molecule has 2 aromatic heterocycles. The number of rotatable bonds is 4. The summed E-state index contributed by atoms with van der Waals surface area (Å²) in [6.45, 7) is -0.562. The van der Waals surface area contributed by atoms with Crippen LogP contribution in [0.25, 0.3) is 22.2 Å². The summed E-state index contributed by atoms with van der Waals surface area (Å²) in [7, 11) is 0. The average Bonchev–Trinajstić information content (AvgIpc) is 2.75. The van der Waals surface area contributed by atoms with Gasteiger partial charge in [0.15, 0.2) is 0 Å². The van der Waals surface area contributed by atoms with Crippen LogP contribution in [-0.4, -0.2) is 62.7 Å². The van der Waals surface area contributed by atoms with Gasteiger partial charge in [-0.15, -0.1) is 0 Å². The number of hydrogen-bond donors (Lipinski definition) is 4. The Morgan fingerprint density at radius 3 is 2.62 bits per heavy atom. The third kappa shape index (κ3) is 3.61. The van der Waals surface area contributed by atoms with Crippen LogP contribution < -0.4 is 10.2 Å². The van der Waals surface area contributed by atoms with Gasteiger partial charge in [-0.3, -0.25) is 9.78 Å². The van der Waals surface area contributed by atoms with Crippen LogP contribution in [0.3, 0.4) is 0 Å². The zero-order valence-corrected chi connectivity index (χ0v) is 15.1. The van der Waals surface area contributed by atoms with Crippen LogP contribution in [0.15, 0.2) is 58.1 Å². The summed E-state index contributed by atoms with van der Waals surface area (Å²) in [5.74, 6) is 0.204. The van der Waals surface area contributed by atoms with Gasteiger partial charge in [-0.25, -0.2) is 0 Å². The van der Waals surface area contributed by atoms with E-state index in [0.29, 0.717) is 16.6 Å². The normalized spacial score (nSPS) is 27.1. The van der Waals surface area contributed by atoms with Crippen molar-refractivity contribution in [2.45, 2.75) is 30.7 Å². The first kappa shape index (κ1) is 19.5. The van der Waals surface area contributed by atoms with Crippen LogP contribution in [0.2, 0.25) is 0 Å². The number of pyridine rings is 1. The fraction of sp³-hybridized carbons (Fsp3) is 0.300. The van der Waals surface area contributed by atoms with E-state index in [1.54, 1.807) is 24.4 Å². The second-order valence-corrected chi connectivity index (χ2v) is 6.67. The molecule has 0 amide bonds. The Kier molecular flexibility index (Phi) is 5.31. The highest BCUT2D eigenvalue weighted by Gasteiger charge is 2.44. The van der Waals surface area contributed by atoms with Gasteiger partial charge in [0.25, 0.3) is 0 Å². The third-order valence-corrected chi connectivity index (χ3v) is 4.79. The molecule has 1 saturated heterocycles. The van der Waals surface area contributed by atoms with Crippen molar-refractivity contribution in [3.63, 3.8) is 0 Å². The van der Waals surface area contributed by atoms with Crippen LogP contribution in [0.4, 0.5) is 0 Å². The van der Waals surface area contributed by atoms with E-state index in [1.807, 2.05) is 0 Å². The second-order valence-electron chi connectivity index (χ2n) is 6.67. The number of aromatic nitrogens is 1. The Morgan fingerprint density at radius 2 is 1.90 bits per heavy atom. The molecule has 1 aliphatic heterocycles. The van der Waals surface area contributed by atoms with Gasteiger partial charge in [0, 0.05) is 12.3 Å². The first-order chi connectivity index (χ1) is 14.0. The smallest absolute Gasteiger partial charge is 0.229 e. The van der Waals surface area contributed by atoms with Crippen molar-refractivity contribution in [3.8, 4) is 17.0 Å². The minimum absolute atomic E-state index is 0.204. The van der Waals surface area contributed by atoms with Crippen LogP contribution in [0, 0.1) is 0 Å². The minimum atomic E-state index is -1.55. The largest absolute Gasteiger partial charge is 0.463 e. The molecule has 0 unspecified atom stereocenters. The Hall–Kier alpha value is -2.82. The molecule has 9 nitrogen and oxygen atoms in total. The summed E-state index contributed by atoms with van der Waals surface area (Å²) >= 11 is 0. The van der Waals surface area contributed by atoms with Crippen LogP contribution in [0.1, 0.15) is 0 Å². The summed E-state index contributed by atoms with van der Waals surface area (Å²) in [5, 5.41) is 39.3. The standard InChI is InChI=1S/C20H19NO8/c22-8-15-17(24)18(25)19(26)20(29-15)28-10-4-5-11-14(7-10)27-9-12(16(11)23)13-3-1-2-6-21-13/h1-7,9,15,17-20,22,24-26H,8H2/t15-,17-,18-,19+,20-/m1/s1. The highest BCUT2D eigenvalue weighted by molar-refractivity contribution is 5.81. The zero-order chi connectivity index (χ0) is 20.5. The highest BCUT2D eigenvalue weighted by atomic mass is 16.7. The van der Waals surface area contributed by atoms with Crippen molar-refractivity contribution < 1.29 is 34.3 Å². The summed E-state index contributed by atoms with van der Waals surface area (Å²) in [4.78, 5) is 16.9. The molecular weight excluding hydrogens is 382 g/mol. The highest BCUT2D eigenvalue weighted by Crippen LogP contribution is 2.27. The van der Waals surface area contributed by atoms with Gasteiger partial charge in [-0.05, 0) is 24.3 Å². The van der Waals surface area contributed by atoms with E-state index in [2.05, 4.69) is 4.98 Å². The van der Waals surface area contributed by atoms with Crippen molar-refractivity contribution in [3.05, 3.63) is 59.1 Å². The Bertz CT molecular complexity index is 1050. The molecule has 9 heteroatoms. The lowest BCUT2D eigenvalue weighted by atomic mass is 9.99. The first-order valence-corrected chi connectivity index (χ1v) is 8.93. The van der Waals surface area contributed by atoms with Gasteiger partial charge >= 0.3 is 0 Å². The molecule has 5 atom stereocenters. The van der Waals surface area contributed by atoms with Crippen LogP contribution in [-0.2, 0) is 4.74 Å². The molecule has 0 bridgehead atoms. The zero-order valence-electron chi connectivity index (χ0n) is 15.1. The predicted molar refractivity (Wildman–Crippen MR) is 100 cm³/mol. The lowest BCUT2D eigenvalue weighted by molar-refractivity contribution is -0.277. The van der Waals surface area contributed by atoms with Gasteiger partial charge in [-0.2, -0.15) is 0 Å². The second kappa shape index (κ2) is 7.90. The third-order valence-electron chi connectivity index (χ3n) is 4.79. The molecule has 0 radical (unpaired) electrons. The SMILES string of the molecule is O=c1c(-c2ccccn2)coc2cc(O[C@@H]3O[C@H](CO)[C@@H](O)[C@@H](O)[C@@H]3O)ccc12. The molecule has 4 N–H and O–H groups in total. The Labute approximate surface area is 164 Å². The number of hydrogen-bond acceptors (Lipinski definition) is 9. The number of nitrogens with zero attached hydrogens (tertiary/aromatic N) is 1. The van der Waals surface area contributed by atoms with E-state index in [1.165, 1.54) is 24.5 Å². The number of aliphatic hydroxyl groups is 4. The van der Waals surface area contributed by atoms with E-state index in [-0.39, 0.29) is 16.8 Å². The topological polar surface area (TPSA) is 142 Å². The van der Waals surface area contributed by atoms with Gasteiger partial charge in [0.1, 0.15) is 42.0 Å². The van der Waals surface area contributed by atoms with Gasteiger partial charge in [0.2, 0.25) is 11.7 Å². The van der Waals surface area contributed by atoms with E-state index in [4.69, 9.17) is 13.9 Å². The summed E-state index contributed by atoms with van der Waals surface area (Å²) < 4.78 is 16.4. The number of ether oxygens (including phenoxy) is 2. The molecule has 1 fully saturated rings. The number of benzene rings is 1. The van der Waals surface area contributed by atoms with Crippen molar-refractivity contribution in [2.24, 2.45) is 0 Å². The first-order valence-electron chi connectivity index (χ1n) is 8.93. The van der Waals surface area contributed by atoms with Crippen molar-refractivity contribution >= 4 is 11.0 Å². The van der Waals surface area contributed by atoms with Crippen molar-refractivity contribution in [2.75, 3.05) is 6.61 Å². The van der Waals surface area contributed by atoms with Gasteiger partial charge < -0.3 is 34.3 Å². The summed E-state index contributed by atoms with van der Waals surface area (Å²) in [6.07, 6.45) is -4.09. The lowest BCUT2D eigenvalue weighted by Gasteiger charge is -2.39. The fourth-order valence-corrected chi connectivity index (χ4v) is 3.18. The summed E-state index contributed by atoms with van der Waals surface area (Å²) in [6, 6.07) is 9.66. The molecule has 1 aromatic carbocycles. The molecule has 152 valence electrons. The van der Waals surface area contributed by atoms with E-state index in [0.717, 1.165) is 0 Å². The lowest BCUT2D eigenvalue weighted by Crippen LogP contribution is -2.60.